The van der Waals surface area contributed by atoms with Gasteiger partial charge in [0.05, 0.1) is 17.2 Å². The lowest BCUT2D eigenvalue weighted by molar-refractivity contribution is -0.140. The Bertz CT molecular complexity index is 1670. The van der Waals surface area contributed by atoms with E-state index in [0.29, 0.717) is 10.8 Å². The van der Waals surface area contributed by atoms with Crippen molar-refractivity contribution in [2.24, 2.45) is 0 Å². The van der Waals surface area contributed by atoms with Gasteiger partial charge in [-0.1, -0.05) is 84.4 Å². The van der Waals surface area contributed by atoms with Gasteiger partial charge in [-0.3, -0.25) is 13.9 Å². The van der Waals surface area contributed by atoms with E-state index in [9.17, 15) is 18.0 Å². The molecule has 0 fully saturated rings. The van der Waals surface area contributed by atoms with Gasteiger partial charge in [0.15, 0.2) is 0 Å². The Morgan fingerprint density at radius 1 is 0.822 bits per heavy atom. The van der Waals surface area contributed by atoms with Gasteiger partial charge in [-0.05, 0) is 68.3 Å². The van der Waals surface area contributed by atoms with E-state index in [1.165, 1.54) is 29.2 Å². The zero-order chi connectivity index (χ0) is 32.4. The van der Waals surface area contributed by atoms with Gasteiger partial charge in [-0.2, -0.15) is 0 Å². The van der Waals surface area contributed by atoms with Crippen LogP contribution in [0.25, 0.3) is 0 Å². The highest BCUT2D eigenvalue weighted by atomic mass is 35.5. The molecule has 0 aromatic heterocycles. The molecule has 0 unspecified atom stereocenters. The maximum absolute atomic E-state index is 14.5. The molecule has 0 aliphatic rings. The number of hydrogen-bond acceptors (Lipinski definition) is 5. The largest absolute Gasteiger partial charge is 0.492 e. The molecule has 236 valence electrons. The number of nitrogens with one attached hydrogen (secondary N) is 1. The van der Waals surface area contributed by atoms with Crippen LogP contribution in [0.2, 0.25) is 5.02 Å². The van der Waals surface area contributed by atoms with E-state index in [4.69, 9.17) is 16.3 Å². The SMILES string of the molecule is CCOc1ccccc1N(CC(=O)N(Cc1ccccc1)[C@H](Cc1ccccc1)C(=O)NC(C)C)S(=O)(=O)c1ccc(Cl)cc1. The molecule has 0 aliphatic carbocycles. The Morgan fingerprint density at radius 3 is 2.00 bits per heavy atom. The third-order valence-corrected chi connectivity index (χ3v) is 9.04. The first kappa shape index (κ1) is 33.6. The minimum Gasteiger partial charge on any atom is -0.492 e. The van der Waals surface area contributed by atoms with Crippen molar-refractivity contribution in [1.29, 1.82) is 0 Å². The summed E-state index contributed by atoms with van der Waals surface area (Å²) in [5.74, 6) is -0.583. The second-order valence-corrected chi connectivity index (χ2v) is 13.0. The van der Waals surface area contributed by atoms with E-state index in [0.717, 1.165) is 15.4 Å². The first-order valence-electron chi connectivity index (χ1n) is 14.8. The normalized spacial score (nSPS) is 11.9. The van der Waals surface area contributed by atoms with Crippen molar-refractivity contribution in [3.63, 3.8) is 0 Å². The highest BCUT2D eigenvalue weighted by Gasteiger charge is 2.35. The van der Waals surface area contributed by atoms with Crippen molar-refractivity contribution in [3.05, 3.63) is 125 Å². The lowest BCUT2D eigenvalue weighted by Gasteiger charge is -2.34. The molecule has 4 aromatic carbocycles. The van der Waals surface area contributed by atoms with Crippen LogP contribution in [-0.4, -0.2) is 50.4 Å². The summed E-state index contributed by atoms with van der Waals surface area (Å²) in [4.78, 5) is 29.7. The molecular weight excluding hydrogens is 610 g/mol. The van der Waals surface area contributed by atoms with Crippen LogP contribution in [0.4, 0.5) is 5.69 Å². The lowest BCUT2D eigenvalue weighted by Crippen LogP contribution is -2.54. The topological polar surface area (TPSA) is 96.0 Å². The summed E-state index contributed by atoms with van der Waals surface area (Å²) in [6.45, 7) is 5.29. The number of rotatable bonds is 14. The molecule has 0 heterocycles. The van der Waals surface area contributed by atoms with Gasteiger partial charge in [0.25, 0.3) is 10.0 Å². The first-order valence-corrected chi connectivity index (χ1v) is 16.6. The molecule has 8 nitrogen and oxygen atoms in total. The number of sulfonamides is 1. The summed E-state index contributed by atoms with van der Waals surface area (Å²) in [7, 11) is -4.29. The smallest absolute Gasteiger partial charge is 0.264 e. The molecular formula is C35H38ClN3O5S. The van der Waals surface area contributed by atoms with Crippen LogP contribution in [0.3, 0.4) is 0 Å². The molecule has 0 saturated carbocycles. The van der Waals surface area contributed by atoms with Crippen LogP contribution in [0, 0.1) is 0 Å². The Labute approximate surface area is 270 Å². The molecule has 0 spiro atoms. The minimum absolute atomic E-state index is 0.0426. The number of para-hydroxylation sites is 2. The van der Waals surface area contributed by atoms with Crippen LogP contribution >= 0.6 is 11.6 Å². The molecule has 45 heavy (non-hydrogen) atoms. The van der Waals surface area contributed by atoms with E-state index < -0.39 is 28.5 Å². The minimum atomic E-state index is -4.29. The third kappa shape index (κ3) is 8.86. The fourth-order valence-corrected chi connectivity index (χ4v) is 6.45. The highest BCUT2D eigenvalue weighted by molar-refractivity contribution is 7.92. The maximum atomic E-state index is 14.5. The first-order chi connectivity index (χ1) is 21.6. The fraction of sp³-hybridized carbons (Fsp3) is 0.257. The summed E-state index contributed by atoms with van der Waals surface area (Å²) in [6.07, 6.45) is 0.234. The Morgan fingerprint density at radius 2 is 1.40 bits per heavy atom. The fourth-order valence-electron chi connectivity index (χ4n) is 4.90. The molecule has 2 amide bonds. The van der Waals surface area contributed by atoms with Crippen molar-refractivity contribution in [2.75, 3.05) is 17.5 Å². The standard InChI is InChI=1S/C35H38ClN3O5S/c1-4-44-33-18-12-11-17-31(33)39(45(42,43)30-21-19-29(36)20-22-30)25-34(40)38(24-28-15-9-6-10-16-28)32(35(41)37-26(2)3)23-27-13-7-5-8-14-27/h5-22,26,32H,4,23-25H2,1-3H3,(H,37,41)/t32-/m1/s1. The van der Waals surface area contributed by atoms with Crippen LogP contribution < -0.4 is 14.4 Å². The number of hydrogen-bond donors (Lipinski definition) is 1. The molecule has 4 aromatic rings. The average molecular weight is 648 g/mol. The van der Waals surface area contributed by atoms with Gasteiger partial charge >= 0.3 is 0 Å². The number of carbonyl (C=O) groups excluding carboxylic acids is 2. The molecule has 0 bridgehead atoms. The van der Waals surface area contributed by atoms with Gasteiger partial charge < -0.3 is 15.0 Å². The van der Waals surface area contributed by atoms with Crippen molar-refractivity contribution in [3.8, 4) is 5.75 Å². The van der Waals surface area contributed by atoms with Gasteiger partial charge in [0.1, 0.15) is 18.3 Å². The van der Waals surface area contributed by atoms with Crippen LogP contribution in [0.15, 0.2) is 114 Å². The zero-order valence-corrected chi connectivity index (χ0v) is 27.2. The lowest BCUT2D eigenvalue weighted by atomic mass is 10.0. The second kappa shape index (κ2) is 15.6. The zero-order valence-electron chi connectivity index (χ0n) is 25.6. The predicted octanol–water partition coefficient (Wildman–Crippen LogP) is 6.10. The van der Waals surface area contributed by atoms with Crippen LogP contribution in [0.5, 0.6) is 5.75 Å². The summed E-state index contributed by atoms with van der Waals surface area (Å²) in [5, 5.41) is 3.33. The number of amides is 2. The third-order valence-electron chi connectivity index (χ3n) is 7.01. The Kier molecular flexibility index (Phi) is 11.6. The molecule has 10 heteroatoms. The van der Waals surface area contributed by atoms with Crippen molar-refractivity contribution in [1.82, 2.24) is 10.2 Å². The predicted molar refractivity (Wildman–Crippen MR) is 178 cm³/mol. The molecule has 0 aliphatic heterocycles. The summed E-state index contributed by atoms with van der Waals surface area (Å²) >= 11 is 6.07. The highest BCUT2D eigenvalue weighted by Crippen LogP contribution is 2.33. The monoisotopic (exact) mass is 647 g/mol. The van der Waals surface area contributed by atoms with Crippen LogP contribution in [0.1, 0.15) is 31.9 Å². The summed E-state index contributed by atoms with van der Waals surface area (Å²) in [5.41, 5.74) is 1.86. The summed E-state index contributed by atoms with van der Waals surface area (Å²) in [6, 6.07) is 30.1. The van der Waals surface area contributed by atoms with Crippen molar-refractivity contribution < 1.29 is 22.7 Å². The van der Waals surface area contributed by atoms with Crippen molar-refractivity contribution >= 4 is 39.1 Å². The summed E-state index contributed by atoms with van der Waals surface area (Å²) < 4.78 is 35.3. The molecule has 1 N–H and O–H groups in total. The maximum Gasteiger partial charge on any atom is 0.264 e. The Hall–Kier alpha value is -4.34. The van der Waals surface area contributed by atoms with Crippen LogP contribution in [-0.2, 0) is 32.6 Å². The van der Waals surface area contributed by atoms with Crippen molar-refractivity contribution in [2.45, 2.75) is 50.7 Å². The van der Waals surface area contributed by atoms with Gasteiger partial charge in [0, 0.05) is 24.0 Å². The van der Waals surface area contributed by atoms with E-state index in [1.807, 2.05) is 74.5 Å². The molecule has 4 rings (SSSR count). The van der Waals surface area contributed by atoms with Gasteiger partial charge in [0.2, 0.25) is 11.8 Å². The quantitative estimate of drug-likeness (QED) is 0.179. The van der Waals surface area contributed by atoms with Gasteiger partial charge in [-0.25, -0.2) is 8.42 Å². The van der Waals surface area contributed by atoms with E-state index in [2.05, 4.69) is 5.32 Å². The number of carbonyl (C=O) groups is 2. The van der Waals surface area contributed by atoms with E-state index >= 15 is 0 Å². The van der Waals surface area contributed by atoms with E-state index in [-0.39, 0.29) is 42.1 Å². The number of nitrogens with zero attached hydrogens (tertiary/aromatic N) is 2. The number of benzene rings is 4. The Balaban J connectivity index is 1.83. The number of halogens is 1. The molecule has 0 radical (unpaired) electrons. The second-order valence-electron chi connectivity index (χ2n) is 10.7. The molecule has 0 saturated heterocycles. The van der Waals surface area contributed by atoms with Gasteiger partial charge in [-0.15, -0.1) is 0 Å². The number of anilines is 1. The van der Waals surface area contributed by atoms with E-state index in [1.54, 1.807) is 31.2 Å². The molecule has 1 atom stereocenters. The average Bonchev–Trinajstić information content (AvgIpc) is 3.03. The number of ether oxygens (including phenoxy) is 1.